The van der Waals surface area contributed by atoms with Gasteiger partial charge in [0, 0.05) is 13.2 Å². The third-order valence-electron chi connectivity index (χ3n) is 1.23. The van der Waals surface area contributed by atoms with Crippen molar-refractivity contribution in [1.29, 1.82) is 0 Å². The Labute approximate surface area is 68.9 Å². The lowest BCUT2D eigenvalue weighted by Crippen LogP contribution is -2.04. The molecule has 0 aliphatic rings. The zero-order valence-electron chi connectivity index (χ0n) is 5.97. The molecule has 0 aliphatic heterocycles. The van der Waals surface area contributed by atoms with Gasteiger partial charge in [0.15, 0.2) is 4.64 Å². The van der Waals surface area contributed by atoms with Gasteiger partial charge in [0.05, 0.1) is 0 Å². The van der Waals surface area contributed by atoms with Crippen LogP contribution in [0.25, 0.3) is 0 Å². The molecule has 1 heterocycles. The first-order valence-corrected chi connectivity index (χ1v) is 3.65. The zero-order chi connectivity index (χ0) is 9.35. The Bertz CT molecular complexity index is 371. The fraction of sp³-hybridized carbons (Fsp3) is 0.400. The number of aromatic amines is 1. The van der Waals surface area contributed by atoms with Crippen molar-refractivity contribution in [3.05, 3.63) is 16.4 Å². The van der Waals surface area contributed by atoms with Crippen LogP contribution < -0.4 is 0 Å². The van der Waals surface area contributed by atoms with Gasteiger partial charge in [-0.3, -0.25) is 9.78 Å². The molecule has 0 atom stereocenters. The van der Waals surface area contributed by atoms with Crippen molar-refractivity contribution in [3.63, 3.8) is 0 Å². The smallest absolute Gasteiger partial charge is 0.297 e. The third-order valence-corrected chi connectivity index (χ3v) is 1.71. The normalized spacial score (nSPS) is 11.7. The minimum absolute atomic E-state index is 0.203. The summed E-state index contributed by atoms with van der Waals surface area (Å²) in [5.41, 5.74) is -0.926. The Morgan fingerprint density at radius 2 is 2.17 bits per heavy atom. The predicted octanol–water partition coefficient (Wildman–Crippen LogP) is 1.12. The van der Waals surface area contributed by atoms with Crippen LogP contribution in [0, 0.1) is 4.64 Å². The summed E-state index contributed by atoms with van der Waals surface area (Å²) in [7, 11) is 1.38. The first kappa shape index (κ1) is 9.11. The molecule has 0 spiro atoms. The Morgan fingerprint density at radius 3 is 2.50 bits per heavy atom. The summed E-state index contributed by atoms with van der Waals surface area (Å²) in [4.78, 5) is 0. The maximum absolute atomic E-state index is 12.1. The van der Waals surface area contributed by atoms with Crippen LogP contribution in [-0.2, 0) is 24.5 Å². The van der Waals surface area contributed by atoms with Crippen molar-refractivity contribution < 1.29 is 17.4 Å². The van der Waals surface area contributed by atoms with Crippen molar-refractivity contribution >= 4 is 11.3 Å². The molecule has 0 saturated heterocycles. The van der Waals surface area contributed by atoms with Gasteiger partial charge in [-0.05, 0) is 0 Å². The van der Waals surface area contributed by atoms with Crippen LogP contribution in [0.5, 0.6) is 0 Å². The van der Waals surface area contributed by atoms with E-state index in [9.17, 15) is 17.4 Å². The molecule has 1 N–H and O–H groups in total. The average molecular weight is 198 g/mol. The standard InChI is InChI=1S/C5H5F3N2OS/c1-10-2-3(5(6,7)8)4(9-10)12-11/h2,9H,1H3. The van der Waals surface area contributed by atoms with Gasteiger partial charge < -0.3 is 0 Å². The van der Waals surface area contributed by atoms with Crippen molar-refractivity contribution in [3.8, 4) is 0 Å². The van der Waals surface area contributed by atoms with Gasteiger partial charge in [0.1, 0.15) is 16.8 Å². The second-order valence-corrected chi connectivity index (χ2v) is 2.75. The van der Waals surface area contributed by atoms with E-state index in [1.807, 2.05) is 0 Å². The summed E-state index contributed by atoms with van der Waals surface area (Å²) in [5.74, 6) is 0. The predicted molar refractivity (Wildman–Crippen MR) is 36.2 cm³/mol. The lowest BCUT2D eigenvalue weighted by Gasteiger charge is -1.99. The second kappa shape index (κ2) is 2.81. The number of halogens is 3. The molecular weight excluding hydrogens is 193 g/mol. The molecule has 0 saturated carbocycles. The molecule has 0 aliphatic carbocycles. The molecular formula is C5H5F3N2OS. The van der Waals surface area contributed by atoms with E-state index in [4.69, 9.17) is 0 Å². The summed E-state index contributed by atoms with van der Waals surface area (Å²) >= 11 is -0.203. The van der Waals surface area contributed by atoms with Gasteiger partial charge in [0.2, 0.25) is 0 Å². The molecule has 0 bridgehead atoms. The summed E-state index contributed by atoms with van der Waals surface area (Å²) in [6.45, 7) is 0. The molecule has 1 rings (SSSR count). The van der Waals surface area contributed by atoms with E-state index >= 15 is 0 Å². The molecule has 12 heavy (non-hydrogen) atoms. The van der Waals surface area contributed by atoms with E-state index in [2.05, 4.69) is 5.10 Å². The van der Waals surface area contributed by atoms with Crippen LogP contribution in [-0.4, -0.2) is 14.0 Å². The third kappa shape index (κ3) is 1.60. The van der Waals surface area contributed by atoms with Gasteiger partial charge in [-0.25, -0.2) is 4.21 Å². The summed E-state index contributed by atoms with van der Waals surface area (Å²) < 4.78 is 47.0. The van der Waals surface area contributed by atoms with Crippen molar-refractivity contribution in [1.82, 2.24) is 9.78 Å². The topological polar surface area (TPSA) is 37.8 Å². The maximum atomic E-state index is 12.1. The Balaban J connectivity index is 3.44. The van der Waals surface area contributed by atoms with Crippen LogP contribution in [0.3, 0.4) is 0 Å². The first-order valence-electron chi connectivity index (χ1n) is 2.91. The lowest BCUT2D eigenvalue weighted by atomic mass is 10.4. The Hall–Kier alpha value is -0.980. The van der Waals surface area contributed by atoms with E-state index in [0.717, 1.165) is 10.9 Å². The average Bonchev–Trinajstić information content (AvgIpc) is 2.29. The van der Waals surface area contributed by atoms with Crippen LogP contribution in [0.4, 0.5) is 13.2 Å². The molecule has 0 aromatic carbocycles. The zero-order valence-corrected chi connectivity index (χ0v) is 6.79. The Morgan fingerprint density at radius 1 is 1.58 bits per heavy atom. The highest BCUT2D eigenvalue weighted by Crippen LogP contribution is 2.28. The van der Waals surface area contributed by atoms with Crippen LogP contribution in [0.2, 0.25) is 0 Å². The number of nitrogens with one attached hydrogen (secondary N) is 1. The summed E-state index contributed by atoms with van der Waals surface area (Å²) in [5, 5.41) is 2.25. The number of hydrogen-bond donors (Lipinski definition) is 1. The Kier molecular flexibility index (Phi) is 2.14. The molecule has 0 unspecified atom stereocenters. The number of aryl methyl sites for hydroxylation is 1. The fourth-order valence-corrected chi connectivity index (χ4v) is 1.21. The van der Waals surface area contributed by atoms with Crippen LogP contribution in [0.1, 0.15) is 5.56 Å². The number of hydrogen-bond acceptors (Lipinski definition) is 1. The SMILES string of the molecule is Cn1cc(C(F)(F)F)c(=S=O)[nH]1. The van der Waals surface area contributed by atoms with Crippen LogP contribution >= 0.6 is 0 Å². The van der Waals surface area contributed by atoms with Gasteiger partial charge in [0.25, 0.3) is 0 Å². The van der Waals surface area contributed by atoms with E-state index in [0.29, 0.717) is 0 Å². The molecule has 0 amide bonds. The van der Waals surface area contributed by atoms with Crippen molar-refractivity contribution in [2.75, 3.05) is 0 Å². The molecule has 0 radical (unpaired) electrons. The van der Waals surface area contributed by atoms with Gasteiger partial charge in [-0.15, -0.1) is 0 Å². The number of alkyl halides is 3. The van der Waals surface area contributed by atoms with Crippen LogP contribution in [0.15, 0.2) is 6.20 Å². The highest BCUT2D eigenvalue weighted by atomic mass is 32.1. The van der Waals surface area contributed by atoms with Crippen molar-refractivity contribution in [2.24, 2.45) is 7.05 Å². The summed E-state index contributed by atoms with van der Waals surface area (Å²) in [6, 6.07) is 0. The van der Waals surface area contributed by atoms with E-state index in [-0.39, 0.29) is 11.3 Å². The highest BCUT2D eigenvalue weighted by molar-refractivity contribution is 7.56. The molecule has 1 aromatic rings. The highest BCUT2D eigenvalue weighted by Gasteiger charge is 2.33. The quantitative estimate of drug-likeness (QED) is 0.623. The molecule has 7 heteroatoms. The first-order chi connectivity index (χ1) is 5.45. The monoisotopic (exact) mass is 198 g/mol. The van der Waals surface area contributed by atoms with E-state index < -0.39 is 16.4 Å². The molecule has 1 aromatic heterocycles. The largest absolute Gasteiger partial charge is 0.420 e. The second-order valence-electron chi connectivity index (χ2n) is 2.18. The van der Waals surface area contributed by atoms with Crippen molar-refractivity contribution in [2.45, 2.75) is 6.18 Å². The number of nitrogens with zero attached hydrogens (tertiary/aromatic N) is 1. The molecule has 68 valence electrons. The lowest BCUT2D eigenvalue weighted by molar-refractivity contribution is -0.138. The maximum Gasteiger partial charge on any atom is 0.420 e. The minimum atomic E-state index is -4.47. The number of aromatic nitrogens is 2. The van der Waals surface area contributed by atoms with E-state index in [1.165, 1.54) is 7.05 Å². The van der Waals surface area contributed by atoms with Gasteiger partial charge in [-0.1, -0.05) is 0 Å². The number of rotatable bonds is 0. The van der Waals surface area contributed by atoms with Gasteiger partial charge >= 0.3 is 6.18 Å². The molecule has 0 fully saturated rings. The van der Waals surface area contributed by atoms with Gasteiger partial charge in [-0.2, -0.15) is 13.2 Å². The minimum Gasteiger partial charge on any atom is -0.297 e. The number of H-pyrrole nitrogens is 1. The molecule has 3 nitrogen and oxygen atoms in total. The van der Waals surface area contributed by atoms with E-state index in [1.54, 1.807) is 0 Å². The summed E-state index contributed by atoms with van der Waals surface area (Å²) in [6.07, 6.45) is -3.63. The fourth-order valence-electron chi connectivity index (χ4n) is 0.770.